The minimum Gasteiger partial charge on any atom is -0.411 e. The summed E-state index contributed by atoms with van der Waals surface area (Å²) in [7, 11) is 1.69. The minimum atomic E-state index is -0.411. The van der Waals surface area contributed by atoms with Crippen LogP contribution in [0.15, 0.2) is 52.1 Å². The predicted octanol–water partition coefficient (Wildman–Crippen LogP) is 4.63. The summed E-state index contributed by atoms with van der Waals surface area (Å²) in [6.45, 7) is 6.19. The van der Waals surface area contributed by atoms with Crippen molar-refractivity contribution in [2.75, 3.05) is 7.05 Å². The molecule has 7 heteroatoms. The van der Waals surface area contributed by atoms with Crippen molar-refractivity contribution in [1.82, 2.24) is 15.1 Å². The molecule has 1 atom stereocenters. The van der Waals surface area contributed by atoms with Gasteiger partial charge in [-0.15, -0.1) is 10.2 Å². The molecule has 2 aromatic carbocycles. The zero-order chi connectivity index (χ0) is 20.3. The normalized spacial score (nSPS) is 12.0. The topological polar surface area (TPSA) is 59.2 Å². The van der Waals surface area contributed by atoms with Gasteiger partial charge in [0.25, 0.3) is 5.22 Å². The Balaban J connectivity index is 1.64. The zero-order valence-corrected chi connectivity index (χ0v) is 17.1. The van der Waals surface area contributed by atoms with Crippen LogP contribution in [-0.2, 0) is 11.3 Å². The Kier molecular flexibility index (Phi) is 6.14. The Labute approximate surface area is 168 Å². The van der Waals surface area contributed by atoms with Crippen LogP contribution in [0, 0.1) is 19.7 Å². The first-order valence-electron chi connectivity index (χ1n) is 8.90. The van der Waals surface area contributed by atoms with Gasteiger partial charge in [0.05, 0.1) is 5.25 Å². The monoisotopic (exact) mass is 399 g/mol. The standard InChI is InChI=1S/C21H22FN3O2S/c1-13-8-9-17(10-14(13)2)19-23-24-21(27-19)28-15(3)20(26)25(4)12-16-6-5-7-18(22)11-16/h5-11,15H,12H2,1-4H3/t15-/m1/s1. The molecule has 28 heavy (non-hydrogen) atoms. The molecule has 0 bridgehead atoms. The fourth-order valence-corrected chi connectivity index (χ4v) is 3.55. The lowest BCUT2D eigenvalue weighted by Crippen LogP contribution is -2.32. The summed E-state index contributed by atoms with van der Waals surface area (Å²) in [4.78, 5) is 14.2. The van der Waals surface area contributed by atoms with Crippen molar-refractivity contribution in [1.29, 1.82) is 0 Å². The van der Waals surface area contributed by atoms with Crippen LogP contribution in [0.2, 0.25) is 0 Å². The number of aromatic nitrogens is 2. The predicted molar refractivity (Wildman–Crippen MR) is 107 cm³/mol. The number of aryl methyl sites for hydroxylation is 2. The van der Waals surface area contributed by atoms with E-state index < -0.39 is 5.25 Å². The molecule has 0 aliphatic heterocycles. The molecule has 1 heterocycles. The highest BCUT2D eigenvalue weighted by molar-refractivity contribution is 8.00. The van der Waals surface area contributed by atoms with Crippen LogP contribution in [0.3, 0.4) is 0 Å². The Morgan fingerprint density at radius 3 is 2.68 bits per heavy atom. The summed E-state index contributed by atoms with van der Waals surface area (Å²) in [5, 5.41) is 8.07. The van der Waals surface area contributed by atoms with Crippen LogP contribution >= 0.6 is 11.8 Å². The molecular weight excluding hydrogens is 377 g/mol. The van der Waals surface area contributed by atoms with E-state index in [9.17, 15) is 9.18 Å². The number of hydrogen-bond donors (Lipinski definition) is 0. The van der Waals surface area contributed by atoms with Crippen LogP contribution < -0.4 is 0 Å². The SMILES string of the molecule is Cc1ccc(-c2nnc(S[C@H](C)C(=O)N(C)Cc3cccc(F)c3)o2)cc1C. The number of rotatable bonds is 6. The molecule has 0 spiro atoms. The van der Waals surface area contributed by atoms with Gasteiger partial charge in [-0.25, -0.2) is 4.39 Å². The molecular formula is C21H22FN3O2S. The number of thioether (sulfide) groups is 1. The zero-order valence-electron chi connectivity index (χ0n) is 16.3. The van der Waals surface area contributed by atoms with Gasteiger partial charge in [-0.3, -0.25) is 4.79 Å². The lowest BCUT2D eigenvalue weighted by molar-refractivity contribution is -0.129. The maximum absolute atomic E-state index is 13.3. The molecule has 0 unspecified atom stereocenters. The summed E-state index contributed by atoms with van der Waals surface area (Å²) < 4.78 is 19.0. The lowest BCUT2D eigenvalue weighted by Gasteiger charge is -2.20. The molecule has 0 N–H and O–H groups in total. The molecule has 0 saturated carbocycles. The van der Waals surface area contributed by atoms with Crippen molar-refractivity contribution in [3.05, 3.63) is 65.0 Å². The number of carbonyl (C=O) groups excluding carboxylic acids is 1. The third-order valence-corrected chi connectivity index (χ3v) is 5.39. The third-order valence-electron chi connectivity index (χ3n) is 4.47. The summed E-state index contributed by atoms with van der Waals surface area (Å²) in [6.07, 6.45) is 0. The fourth-order valence-electron chi connectivity index (χ4n) is 2.75. The highest BCUT2D eigenvalue weighted by atomic mass is 32.2. The molecule has 0 radical (unpaired) electrons. The number of halogens is 1. The van der Waals surface area contributed by atoms with Crippen LogP contribution in [0.5, 0.6) is 0 Å². The van der Waals surface area contributed by atoms with Crippen molar-refractivity contribution in [2.45, 2.75) is 37.8 Å². The molecule has 146 valence electrons. The minimum absolute atomic E-state index is 0.0970. The Morgan fingerprint density at radius 2 is 1.96 bits per heavy atom. The highest BCUT2D eigenvalue weighted by Crippen LogP contribution is 2.28. The van der Waals surface area contributed by atoms with E-state index in [1.807, 2.05) is 32.0 Å². The smallest absolute Gasteiger partial charge is 0.277 e. The maximum atomic E-state index is 13.3. The first kappa shape index (κ1) is 20.1. The molecule has 0 aliphatic carbocycles. The average Bonchev–Trinajstić information content (AvgIpc) is 3.11. The van der Waals surface area contributed by atoms with E-state index in [0.717, 1.165) is 16.7 Å². The van der Waals surface area contributed by atoms with Gasteiger partial charge >= 0.3 is 0 Å². The van der Waals surface area contributed by atoms with Crippen molar-refractivity contribution < 1.29 is 13.6 Å². The van der Waals surface area contributed by atoms with Gasteiger partial charge in [-0.05, 0) is 61.7 Å². The first-order valence-corrected chi connectivity index (χ1v) is 9.78. The van der Waals surface area contributed by atoms with Gasteiger partial charge < -0.3 is 9.32 Å². The van der Waals surface area contributed by atoms with Crippen molar-refractivity contribution in [3.8, 4) is 11.5 Å². The summed E-state index contributed by atoms with van der Waals surface area (Å²) in [6, 6.07) is 12.2. The van der Waals surface area contributed by atoms with Gasteiger partial charge in [-0.1, -0.05) is 30.0 Å². The lowest BCUT2D eigenvalue weighted by atomic mass is 10.1. The van der Waals surface area contributed by atoms with Crippen molar-refractivity contribution in [2.24, 2.45) is 0 Å². The van der Waals surface area contributed by atoms with E-state index in [1.54, 1.807) is 31.0 Å². The van der Waals surface area contributed by atoms with E-state index in [4.69, 9.17) is 4.42 Å². The Morgan fingerprint density at radius 1 is 1.18 bits per heavy atom. The Bertz CT molecular complexity index is 989. The van der Waals surface area contributed by atoms with Crippen LogP contribution in [-0.4, -0.2) is 33.3 Å². The average molecular weight is 399 g/mol. The number of benzene rings is 2. The van der Waals surface area contributed by atoms with E-state index in [2.05, 4.69) is 10.2 Å². The van der Waals surface area contributed by atoms with Crippen LogP contribution in [0.25, 0.3) is 11.5 Å². The number of nitrogens with zero attached hydrogens (tertiary/aromatic N) is 3. The van der Waals surface area contributed by atoms with Gasteiger partial charge in [0, 0.05) is 19.2 Å². The Hall–Kier alpha value is -2.67. The number of amides is 1. The summed E-state index contributed by atoms with van der Waals surface area (Å²) in [5.41, 5.74) is 3.93. The van der Waals surface area contributed by atoms with Gasteiger partial charge in [-0.2, -0.15) is 0 Å². The first-order chi connectivity index (χ1) is 13.3. The van der Waals surface area contributed by atoms with E-state index in [-0.39, 0.29) is 11.7 Å². The molecule has 0 saturated heterocycles. The van der Waals surface area contributed by atoms with E-state index in [1.165, 1.54) is 29.5 Å². The fraction of sp³-hybridized carbons (Fsp3) is 0.286. The molecule has 1 aromatic heterocycles. The molecule has 0 fully saturated rings. The highest BCUT2D eigenvalue weighted by Gasteiger charge is 2.22. The molecule has 3 aromatic rings. The second-order valence-corrected chi connectivity index (χ2v) is 8.05. The van der Waals surface area contributed by atoms with Crippen molar-refractivity contribution >= 4 is 17.7 Å². The third kappa shape index (κ3) is 4.78. The molecule has 0 aliphatic rings. The van der Waals surface area contributed by atoms with Crippen molar-refractivity contribution in [3.63, 3.8) is 0 Å². The maximum Gasteiger partial charge on any atom is 0.277 e. The summed E-state index contributed by atoms with van der Waals surface area (Å²) in [5.74, 6) is 0.0176. The van der Waals surface area contributed by atoms with Gasteiger partial charge in [0.15, 0.2) is 0 Å². The van der Waals surface area contributed by atoms with Crippen LogP contribution in [0.1, 0.15) is 23.6 Å². The number of hydrogen-bond acceptors (Lipinski definition) is 5. The largest absolute Gasteiger partial charge is 0.411 e. The molecule has 5 nitrogen and oxygen atoms in total. The van der Waals surface area contributed by atoms with Gasteiger partial charge in [0.1, 0.15) is 5.82 Å². The van der Waals surface area contributed by atoms with E-state index in [0.29, 0.717) is 17.7 Å². The van der Waals surface area contributed by atoms with E-state index >= 15 is 0 Å². The second kappa shape index (κ2) is 8.56. The second-order valence-electron chi connectivity index (χ2n) is 6.76. The number of carbonyl (C=O) groups is 1. The van der Waals surface area contributed by atoms with Crippen LogP contribution in [0.4, 0.5) is 4.39 Å². The summed E-state index contributed by atoms with van der Waals surface area (Å²) >= 11 is 1.21. The molecule has 3 rings (SSSR count). The van der Waals surface area contributed by atoms with Gasteiger partial charge in [0.2, 0.25) is 11.8 Å². The molecule has 1 amide bonds. The quantitative estimate of drug-likeness (QED) is 0.566.